The minimum atomic E-state index is -2.86. The van der Waals surface area contributed by atoms with Gasteiger partial charge in [-0.3, -0.25) is 0 Å². The summed E-state index contributed by atoms with van der Waals surface area (Å²) in [6.45, 7) is 3.25. The smallest absolute Gasteiger partial charge is 0.266 e. The molecule has 2 aliphatic heterocycles. The van der Waals surface area contributed by atoms with E-state index in [1.165, 1.54) is 0 Å². The Morgan fingerprint density at radius 1 is 1.35 bits per heavy atom. The van der Waals surface area contributed by atoms with Crippen LogP contribution in [0, 0.1) is 0 Å². The van der Waals surface area contributed by atoms with E-state index in [4.69, 9.17) is 9.26 Å². The van der Waals surface area contributed by atoms with Crippen LogP contribution in [0.4, 0.5) is 5.95 Å². The lowest BCUT2D eigenvalue weighted by Crippen LogP contribution is -2.37. The minimum Gasteiger partial charge on any atom is -0.378 e. The molecular formula is C11H18N4O4S. The quantitative estimate of drug-likeness (QED) is 0.770. The van der Waals surface area contributed by atoms with Gasteiger partial charge in [0.25, 0.3) is 5.95 Å². The average molecular weight is 302 g/mol. The number of aromatic nitrogens is 2. The molecule has 0 spiro atoms. The van der Waals surface area contributed by atoms with Crippen LogP contribution in [0.25, 0.3) is 0 Å². The molecule has 1 aromatic rings. The predicted molar refractivity (Wildman–Crippen MR) is 71.2 cm³/mol. The summed E-state index contributed by atoms with van der Waals surface area (Å²) in [6, 6.07) is -0.0151. The summed E-state index contributed by atoms with van der Waals surface area (Å²) in [6.07, 6.45) is 0.646. The number of rotatable bonds is 4. The van der Waals surface area contributed by atoms with Crippen LogP contribution in [-0.2, 0) is 21.1 Å². The highest BCUT2D eigenvalue weighted by molar-refractivity contribution is 7.91. The van der Waals surface area contributed by atoms with Crippen molar-refractivity contribution in [2.75, 3.05) is 42.7 Å². The molecule has 2 fully saturated rings. The van der Waals surface area contributed by atoms with E-state index in [1.54, 1.807) is 0 Å². The van der Waals surface area contributed by atoms with Crippen LogP contribution in [0.15, 0.2) is 4.52 Å². The van der Waals surface area contributed by atoms with Gasteiger partial charge in [-0.05, 0) is 11.6 Å². The van der Waals surface area contributed by atoms with Gasteiger partial charge in [-0.15, -0.1) is 0 Å². The van der Waals surface area contributed by atoms with E-state index in [0.29, 0.717) is 38.0 Å². The Hall–Kier alpha value is -1.19. The van der Waals surface area contributed by atoms with Crippen molar-refractivity contribution < 1.29 is 17.7 Å². The summed E-state index contributed by atoms with van der Waals surface area (Å²) in [4.78, 5) is 6.32. The Morgan fingerprint density at radius 3 is 2.85 bits per heavy atom. The Labute approximate surface area is 117 Å². The van der Waals surface area contributed by atoms with Crippen molar-refractivity contribution in [3.05, 3.63) is 5.89 Å². The summed E-state index contributed by atoms with van der Waals surface area (Å²) in [5.74, 6) is 1.50. The number of hydrogen-bond donors (Lipinski definition) is 1. The Kier molecular flexibility index (Phi) is 3.90. The maximum atomic E-state index is 11.4. The molecule has 0 bridgehead atoms. The largest absolute Gasteiger partial charge is 0.378 e. The van der Waals surface area contributed by atoms with Crippen molar-refractivity contribution in [1.29, 1.82) is 0 Å². The molecule has 0 saturated carbocycles. The third-order valence-electron chi connectivity index (χ3n) is 3.53. The van der Waals surface area contributed by atoms with Gasteiger partial charge < -0.3 is 19.5 Å². The van der Waals surface area contributed by atoms with Gasteiger partial charge in [0, 0.05) is 19.1 Å². The van der Waals surface area contributed by atoms with Crippen LogP contribution in [0.2, 0.25) is 0 Å². The summed E-state index contributed by atoms with van der Waals surface area (Å²) >= 11 is 0. The molecule has 1 aromatic heterocycles. The van der Waals surface area contributed by atoms with Crippen molar-refractivity contribution in [1.82, 2.24) is 15.5 Å². The maximum Gasteiger partial charge on any atom is 0.266 e. The second-order valence-corrected chi connectivity index (χ2v) is 7.30. The molecule has 1 atom stereocenters. The first-order valence-electron chi connectivity index (χ1n) is 6.71. The van der Waals surface area contributed by atoms with Gasteiger partial charge in [-0.25, -0.2) is 8.42 Å². The molecule has 112 valence electrons. The van der Waals surface area contributed by atoms with Gasteiger partial charge >= 0.3 is 0 Å². The van der Waals surface area contributed by atoms with Crippen LogP contribution >= 0.6 is 0 Å². The molecule has 20 heavy (non-hydrogen) atoms. The maximum absolute atomic E-state index is 11.4. The topological polar surface area (TPSA) is 97.6 Å². The lowest BCUT2D eigenvalue weighted by atomic mass is 10.3. The van der Waals surface area contributed by atoms with E-state index in [1.807, 2.05) is 4.90 Å². The zero-order chi connectivity index (χ0) is 14.0. The van der Waals surface area contributed by atoms with E-state index < -0.39 is 9.84 Å². The monoisotopic (exact) mass is 302 g/mol. The third-order valence-corrected chi connectivity index (χ3v) is 5.29. The van der Waals surface area contributed by atoms with E-state index in [-0.39, 0.29) is 17.5 Å². The molecule has 9 heteroatoms. The first kappa shape index (κ1) is 13.8. The van der Waals surface area contributed by atoms with Gasteiger partial charge in [0.15, 0.2) is 9.84 Å². The van der Waals surface area contributed by atoms with Crippen LogP contribution < -0.4 is 10.2 Å². The number of morpholine rings is 1. The highest BCUT2D eigenvalue weighted by Gasteiger charge is 2.27. The summed E-state index contributed by atoms with van der Waals surface area (Å²) in [5.41, 5.74) is 0. The van der Waals surface area contributed by atoms with Gasteiger partial charge in [0.1, 0.15) is 0 Å². The molecular weight excluding hydrogens is 284 g/mol. The fourth-order valence-electron chi connectivity index (χ4n) is 2.40. The number of sulfone groups is 1. The van der Waals surface area contributed by atoms with Crippen LogP contribution in [0.3, 0.4) is 0 Å². The van der Waals surface area contributed by atoms with Crippen LogP contribution in [-0.4, -0.2) is 62.4 Å². The van der Waals surface area contributed by atoms with Crippen LogP contribution in [0.1, 0.15) is 12.3 Å². The zero-order valence-electron chi connectivity index (χ0n) is 11.1. The zero-order valence-corrected chi connectivity index (χ0v) is 11.9. The van der Waals surface area contributed by atoms with Crippen LogP contribution in [0.5, 0.6) is 0 Å². The molecule has 2 aliphatic rings. The second-order valence-electron chi connectivity index (χ2n) is 5.07. The van der Waals surface area contributed by atoms with E-state index >= 15 is 0 Å². The lowest BCUT2D eigenvalue weighted by Gasteiger charge is -2.24. The van der Waals surface area contributed by atoms with E-state index in [0.717, 1.165) is 13.1 Å². The number of nitrogens with one attached hydrogen (secondary N) is 1. The first-order chi connectivity index (χ1) is 9.62. The minimum absolute atomic E-state index is 0.0151. The van der Waals surface area contributed by atoms with Gasteiger partial charge in [-0.2, -0.15) is 4.98 Å². The number of nitrogens with zero attached hydrogens (tertiary/aromatic N) is 3. The van der Waals surface area contributed by atoms with Gasteiger partial charge in [0.05, 0.1) is 31.3 Å². The third kappa shape index (κ3) is 3.28. The molecule has 2 saturated heterocycles. The van der Waals surface area contributed by atoms with Crippen molar-refractivity contribution in [3.63, 3.8) is 0 Å². The highest BCUT2D eigenvalue weighted by Crippen LogP contribution is 2.14. The number of anilines is 1. The molecule has 0 aliphatic carbocycles. The normalized spacial score (nSPS) is 26.0. The second kappa shape index (κ2) is 5.66. The van der Waals surface area contributed by atoms with Crippen molar-refractivity contribution >= 4 is 15.8 Å². The summed E-state index contributed by atoms with van der Waals surface area (Å²) in [7, 11) is -2.86. The first-order valence-corrected chi connectivity index (χ1v) is 8.54. The molecule has 0 radical (unpaired) electrons. The number of hydrogen-bond acceptors (Lipinski definition) is 8. The lowest BCUT2D eigenvalue weighted by molar-refractivity contribution is 0.121. The molecule has 1 N–H and O–H groups in total. The summed E-state index contributed by atoms with van der Waals surface area (Å²) < 4.78 is 33.1. The van der Waals surface area contributed by atoms with Crippen molar-refractivity contribution in [2.45, 2.75) is 19.0 Å². The predicted octanol–water partition coefficient (Wildman–Crippen LogP) is -0.817. The standard InChI is InChI=1S/C11H18N4O4S/c16-20(17)6-1-9(8-20)12-7-10-13-11(14-19-10)15-2-4-18-5-3-15/h9,12H,1-8H2. The molecule has 3 heterocycles. The Balaban J connectivity index is 1.52. The van der Waals surface area contributed by atoms with Crippen molar-refractivity contribution in [2.24, 2.45) is 0 Å². The van der Waals surface area contributed by atoms with Gasteiger partial charge in [0.2, 0.25) is 5.89 Å². The van der Waals surface area contributed by atoms with E-state index in [9.17, 15) is 8.42 Å². The summed E-state index contributed by atoms with van der Waals surface area (Å²) in [5, 5.41) is 7.09. The SMILES string of the molecule is O=S1(=O)CCC(NCc2nc(N3CCOCC3)no2)C1. The highest BCUT2D eigenvalue weighted by atomic mass is 32.2. The molecule has 0 aromatic carbocycles. The van der Waals surface area contributed by atoms with Gasteiger partial charge in [-0.1, -0.05) is 0 Å². The molecule has 3 rings (SSSR count). The average Bonchev–Trinajstić information content (AvgIpc) is 3.04. The van der Waals surface area contributed by atoms with E-state index in [2.05, 4.69) is 15.5 Å². The fourth-order valence-corrected chi connectivity index (χ4v) is 4.10. The fraction of sp³-hybridized carbons (Fsp3) is 0.818. The molecule has 0 amide bonds. The van der Waals surface area contributed by atoms with Crippen molar-refractivity contribution in [3.8, 4) is 0 Å². The molecule has 8 nitrogen and oxygen atoms in total. The Morgan fingerprint density at radius 2 is 2.15 bits per heavy atom. The number of ether oxygens (including phenoxy) is 1. The Bertz CT molecular complexity index is 553. The molecule has 1 unspecified atom stereocenters.